The Hall–Kier alpha value is -2.75. The van der Waals surface area contributed by atoms with Crippen LogP contribution >= 0.6 is 0 Å². The van der Waals surface area contributed by atoms with Gasteiger partial charge in [0, 0.05) is 29.4 Å². The minimum absolute atomic E-state index is 0.629. The van der Waals surface area contributed by atoms with Gasteiger partial charge in [0.2, 0.25) is 0 Å². The Morgan fingerprint density at radius 2 is 1.95 bits per heavy atom. The standard InChI is InChI=1S/C17H17N3O/c1-21-15-8-3-2-5-13(15)11-20-17-16-12(9-10-19-17)6-4-7-14(16)18/h2-10H,11,18H2,1H3,(H,19,20). The van der Waals surface area contributed by atoms with Crippen molar-refractivity contribution in [3.63, 3.8) is 0 Å². The minimum Gasteiger partial charge on any atom is -0.496 e. The Bertz CT molecular complexity index is 766. The molecule has 3 rings (SSSR count). The molecule has 3 aromatic rings. The van der Waals surface area contributed by atoms with Crippen molar-refractivity contribution in [2.45, 2.75) is 6.54 Å². The molecule has 0 amide bonds. The van der Waals surface area contributed by atoms with Gasteiger partial charge in [0.05, 0.1) is 7.11 Å². The number of hydrogen-bond donors (Lipinski definition) is 2. The first kappa shape index (κ1) is 13.2. The summed E-state index contributed by atoms with van der Waals surface area (Å²) in [5.74, 6) is 1.65. The normalized spacial score (nSPS) is 10.5. The summed E-state index contributed by atoms with van der Waals surface area (Å²) in [6, 6.07) is 15.7. The second-order valence-electron chi connectivity index (χ2n) is 4.77. The zero-order valence-corrected chi connectivity index (χ0v) is 11.8. The molecule has 0 bridgehead atoms. The van der Waals surface area contributed by atoms with E-state index in [0.717, 1.165) is 33.6 Å². The summed E-state index contributed by atoms with van der Waals surface area (Å²) in [6.07, 6.45) is 1.78. The first-order valence-corrected chi connectivity index (χ1v) is 6.78. The molecule has 2 aromatic carbocycles. The van der Waals surface area contributed by atoms with Gasteiger partial charge in [0.1, 0.15) is 11.6 Å². The van der Waals surface area contributed by atoms with Gasteiger partial charge in [-0.25, -0.2) is 4.98 Å². The van der Waals surface area contributed by atoms with E-state index in [1.54, 1.807) is 13.3 Å². The van der Waals surface area contributed by atoms with Crippen LogP contribution in [0, 0.1) is 0 Å². The third kappa shape index (κ3) is 2.60. The molecule has 4 nitrogen and oxygen atoms in total. The van der Waals surface area contributed by atoms with Gasteiger partial charge in [-0.15, -0.1) is 0 Å². The monoisotopic (exact) mass is 279 g/mol. The largest absolute Gasteiger partial charge is 0.496 e. The summed E-state index contributed by atoms with van der Waals surface area (Å²) >= 11 is 0. The van der Waals surface area contributed by atoms with Crippen molar-refractivity contribution in [2.24, 2.45) is 0 Å². The van der Waals surface area contributed by atoms with Crippen LogP contribution in [-0.4, -0.2) is 12.1 Å². The molecule has 0 aliphatic heterocycles. The number of anilines is 2. The molecule has 3 N–H and O–H groups in total. The van der Waals surface area contributed by atoms with E-state index in [0.29, 0.717) is 6.54 Å². The van der Waals surface area contributed by atoms with Crippen molar-refractivity contribution in [1.82, 2.24) is 4.98 Å². The lowest BCUT2D eigenvalue weighted by molar-refractivity contribution is 0.410. The highest BCUT2D eigenvalue weighted by atomic mass is 16.5. The van der Waals surface area contributed by atoms with Crippen molar-refractivity contribution in [3.05, 3.63) is 60.3 Å². The second-order valence-corrected chi connectivity index (χ2v) is 4.77. The van der Waals surface area contributed by atoms with Crippen LogP contribution in [0.4, 0.5) is 11.5 Å². The Balaban J connectivity index is 1.92. The molecule has 0 aliphatic carbocycles. The number of rotatable bonds is 4. The lowest BCUT2D eigenvalue weighted by atomic mass is 10.1. The predicted octanol–water partition coefficient (Wildman–Crippen LogP) is 3.44. The average molecular weight is 279 g/mol. The van der Waals surface area contributed by atoms with Crippen molar-refractivity contribution in [3.8, 4) is 5.75 Å². The summed E-state index contributed by atoms with van der Waals surface area (Å²) in [5.41, 5.74) is 7.88. The van der Waals surface area contributed by atoms with Gasteiger partial charge in [0.15, 0.2) is 0 Å². The third-order valence-corrected chi connectivity index (χ3v) is 3.46. The number of aromatic nitrogens is 1. The fraction of sp³-hybridized carbons (Fsp3) is 0.118. The second kappa shape index (κ2) is 5.71. The molecule has 4 heteroatoms. The van der Waals surface area contributed by atoms with Crippen LogP contribution in [0.2, 0.25) is 0 Å². The Labute approximate surface area is 123 Å². The van der Waals surface area contributed by atoms with Gasteiger partial charge in [-0.3, -0.25) is 0 Å². The number of benzene rings is 2. The highest BCUT2D eigenvalue weighted by Crippen LogP contribution is 2.27. The SMILES string of the molecule is COc1ccccc1CNc1nccc2cccc(N)c12. The molecule has 0 saturated carbocycles. The molecular formula is C17H17N3O. The van der Waals surface area contributed by atoms with Crippen molar-refractivity contribution in [2.75, 3.05) is 18.2 Å². The molecule has 0 unspecified atom stereocenters. The highest BCUT2D eigenvalue weighted by molar-refractivity contribution is 6.00. The van der Waals surface area contributed by atoms with E-state index in [2.05, 4.69) is 10.3 Å². The van der Waals surface area contributed by atoms with Crippen LogP contribution in [0.25, 0.3) is 10.8 Å². The van der Waals surface area contributed by atoms with Crippen molar-refractivity contribution < 1.29 is 4.74 Å². The topological polar surface area (TPSA) is 60.2 Å². The van der Waals surface area contributed by atoms with Crippen LogP contribution < -0.4 is 15.8 Å². The summed E-state index contributed by atoms with van der Waals surface area (Å²) in [6.45, 7) is 0.629. The van der Waals surface area contributed by atoms with Gasteiger partial charge in [-0.2, -0.15) is 0 Å². The Morgan fingerprint density at radius 1 is 1.10 bits per heavy atom. The van der Waals surface area contributed by atoms with Gasteiger partial charge < -0.3 is 15.8 Å². The van der Waals surface area contributed by atoms with Gasteiger partial charge >= 0.3 is 0 Å². The number of nitrogens with one attached hydrogen (secondary N) is 1. The average Bonchev–Trinajstić information content (AvgIpc) is 2.53. The van der Waals surface area contributed by atoms with E-state index in [1.165, 1.54) is 0 Å². The van der Waals surface area contributed by atoms with E-state index in [-0.39, 0.29) is 0 Å². The Morgan fingerprint density at radius 3 is 2.81 bits per heavy atom. The Kier molecular flexibility index (Phi) is 3.60. The number of nitrogen functional groups attached to an aromatic ring is 1. The number of para-hydroxylation sites is 1. The maximum absolute atomic E-state index is 6.08. The number of ether oxygens (including phenoxy) is 1. The zero-order chi connectivity index (χ0) is 14.7. The fourth-order valence-electron chi connectivity index (χ4n) is 2.42. The number of nitrogens with two attached hydrogens (primary N) is 1. The lowest BCUT2D eigenvalue weighted by Crippen LogP contribution is -2.04. The molecule has 1 heterocycles. The molecule has 0 fully saturated rings. The van der Waals surface area contributed by atoms with Crippen LogP contribution in [0.15, 0.2) is 54.7 Å². The van der Waals surface area contributed by atoms with Crippen LogP contribution in [0.5, 0.6) is 5.75 Å². The van der Waals surface area contributed by atoms with Gasteiger partial charge in [-0.1, -0.05) is 30.3 Å². The molecule has 1 aromatic heterocycles. The van der Waals surface area contributed by atoms with Crippen LogP contribution in [0.1, 0.15) is 5.56 Å². The zero-order valence-electron chi connectivity index (χ0n) is 11.8. The number of methoxy groups -OCH3 is 1. The maximum Gasteiger partial charge on any atom is 0.136 e. The molecule has 0 radical (unpaired) electrons. The van der Waals surface area contributed by atoms with E-state index in [9.17, 15) is 0 Å². The van der Waals surface area contributed by atoms with Gasteiger partial charge in [-0.05, 0) is 23.6 Å². The number of hydrogen-bond acceptors (Lipinski definition) is 4. The summed E-state index contributed by atoms with van der Waals surface area (Å²) in [5, 5.41) is 5.38. The molecule has 21 heavy (non-hydrogen) atoms. The molecular weight excluding hydrogens is 262 g/mol. The van der Waals surface area contributed by atoms with Crippen LogP contribution in [0.3, 0.4) is 0 Å². The summed E-state index contributed by atoms with van der Waals surface area (Å²) in [7, 11) is 1.67. The molecule has 0 spiro atoms. The quantitative estimate of drug-likeness (QED) is 0.718. The van der Waals surface area contributed by atoms with Crippen molar-refractivity contribution >= 4 is 22.3 Å². The maximum atomic E-state index is 6.08. The number of nitrogens with zero attached hydrogens (tertiary/aromatic N) is 1. The van der Waals surface area contributed by atoms with E-state index >= 15 is 0 Å². The minimum atomic E-state index is 0.629. The smallest absolute Gasteiger partial charge is 0.136 e. The van der Waals surface area contributed by atoms with E-state index < -0.39 is 0 Å². The highest BCUT2D eigenvalue weighted by Gasteiger charge is 2.07. The van der Waals surface area contributed by atoms with Gasteiger partial charge in [0.25, 0.3) is 0 Å². The molecule has 0 aliphatic rings. The predicted molar refractivity (Wildman–Crippen MR) is 86.5 cm³/mol. The molecule has 0 saturated heterocycles. The first-order chi connectivity index (χ1) is 10.3. The van der Waals surface area contributed by atoms with Crippen molar-refractivity contribution in [1.29, 1.82) is 0 Å². The van der Waals surface area contributed by atoms with E-state index in [4.69, 9.17) is 10.5 Å². The summed E-state index contributed by atoms with van der Waals surface area (Å²) in [4.78, 5) is 4.41. The lowest BCUT2D eigenvalue weighted by Gasteiger charge is -2.12. The number of fused-ring (bicyclic) bond motifs is 1. The number of pyridine rings is 1. The molecule has 0 atom stereocenters. The van der Waals surface area contributed by atoms with Crippen LogP contribution in [-0.2, 0) is 6.54 Å². The van der Waals surface area contributed by atoms with E-state index in [1.807, 2.05) is 48.5 Å². The summed E-state index contributed by atoms with van der Waals surface area (Å²) < 4.78 is 5.36. The third-order valence-electron chi connectivity index (χ3n) is 3.46. The molecule has 106 valence electrons. The first-order valence-electron chi connectivity index (χ1n) is 6.78. The fourth-order valence-corrected chi connectivity index (χ4v) is 2.42.